The van der Waals surface area contributed by atoms with E-state index in [0.29, 0.717) is 11.1 Å². The molecule has 0 atom stereocenters. The number of benzene rings is 2. The number of amidine groups is 1. The lowest BCUT2D eigenvalue weighted by atomic mass is 9.99. The summed E-state index contributed by atoms with van der Waals surface area (Å²) in [4.78, 5) is 33.5. The fourth-order valence-corrected chi connectivity index (χ4v) is 2.92. The number of ether oxygens (including phenoxy) is 1. The minimum absolute atomic E-state index is 0.0242. The van der Waals surface area contributed by atoms with Crippen LogP contribution < -0.4 is 0 Å². The van der Waals surface area contributed by atoms with E-state index in [4.69, 9.17) is 4.74 Å². The van der Waals surface area contributed by atoms with Gasteiger partial charge in [-0.3, -0.25) is 4.79 Å². The third-order valence-corrected chi connectivity index (χ3v) is 4.15. The van der Waals surface area contributed by atoms with Gasteiger partial charge in [-0.1, -0.05) is 36.4 Å². The summed E-state index contributed by atoms with van der Waals surface area (Å²) >= 11 is 0. The summed E-state index contributed by atoms with van der Waals surface area (Å²) in [7, 11) is 0. The Hall–Kier alpha value is -3.61. The summed E-state index contributed by atoms with van der Waals surface area (Å²) < 4.78 is 19.4. The molecule has 2 aromatic carbocycles. The minimum Gasteiger partial charge on any atom is -0.512 e. The first-order valence-corrected chi connectivity index (χ1v) is 9.28. The van der Waals surface area contributed by atoms with E-state index in [-0.39, 0.29) is 28.4 Å². The van der Waals surface area contributed by atoms with Crippen molar-refractivity contribution < 1.29 is 23.8 Å². The number of amides is 1. The van der Waals surface area contributed by atoms with Crippen LogP contribution >= 0.6 is 0 Å². The minimum atomic E-state index is -0.800. The van der Waals surface area contributed by atoms with Crippen molar-refractivity contribution in [2.75, 3.05) is 0 Å². The predicted octanol–water partition coefficient (Wildman–Crippen LogP) is 4.39. The molecule has 30 heavy (non-hydrogen) atoms. The van der Waals surface area contributed by atoms with Gasteiger partial charge in [0.2, 0.25) is 0 Å². The van der Waals surface area contributed by atoms with Crippen molar-refractivity contribution >= 4 is 23.4 Å². The molecule has 0 fully saturated rings. The Balaban J connectivity index is 2.10. The fourth-order valence-electron chi connectivity index (χ4n) is 2.92. The fraction of sp³-hybridized carbons (Fsp3) is 0.217. The number of esters is 1. The highest BCUT2D eigenvalue weighted by Gasteiger charge is 2.32. The Morgan fingerprint density at radius 1 is 1.03 bits per heavy atom. The number of halogens is 1. The standard InChI is InChI=1S/C23H21FN2O4/c1-13(27)18(22(29)30-23(2,3)4)19-14-9-5-6-10-15(14)20(25-19)26-21(28)16-11-7-8-12-17(16)24/h5-12,27H,1-4H3/b18-13-,26-20?. The molecule has 7 heteroatoms. The normalized spacial score (nSPS) is 15.4. The molecule has 1 aliphatic rings. The van der Waals surface area contributed by atoms with Crippen molar-refractivity contribution in [2.45, 2.75) is 33.3 Å². The Morgan fingerprint density at radius 2 is 1.63 bits per heavy atom. The van der Waals surface area contributed by atoms with Gasteiger partial charge in [0, 0.05) is 11.1 Å². The first kappa shape index (κ1) is 21.1. The summed E-state index contributed by atoms with van der Waals surface area (Å²) in [6.45, 7) is 6.47. The Bertz CT molecular complexity index is 1120. The number of rotatable bonds is 3. The van der Waals surface area contributed by atoms with E-state index in [1.54, 1.807) is 45.0 Å². The number of carbonyl (C=O) groups excluding carboxylic acids is 2. The topological polar surface area (TPSA) is 88.3 Å². The average molecular weight is 408 g/mol. The third kappa shape index (κ3) is 4.35. The summed E-state index contributed by atoms with van der Waals surface area (Å²) in [5.74, 6) is -2.50. The van der Waals surface area contributed by atoms with Gasteiger partial charge in [0.05, 0.1) is 11.3 Å². The second-order valence-electron chi connectivity index (χ2n) is 7.69. The molecule has 0 unspecified atom stereocenters. The van der Waals surface area contributed by atoms with Gasteiger partial charge in [-0.15, -0.1) is 0 Å². The zero-order valence-electron chi connectivity index (χ0n) is 17.1. The van der Waals surface area contributed by atoms with E-state index < -0.39 is 23.3 Å². The predicted molar refractivity (Wildman–Crippen MR) is 111 cm³/mol. The maximum absolute atomic E-state index is 14.0. The first-order valence-electron chi connectivity index (χ1n) is 9.28. The number of carbonyl (C=O) groups is 2. The molecule has 2 aromatic rings. The molecule has 0 spiro atoms. The molecule has 3 rings (SSSR count). The summed E-state index contributed by atoms with van der Waals surface area (Å²) in [6, 6.07) is 12.3. The monoisotopic (exact) mass is 408 g/mol. The second kappa shape index (κ2) is 8.02. The number of fused-ring (bicyclic) bond motifs is 1. The number of hydrogen-bond donors (Lipinski definition) is 1. The van der Waals surface area contributed by atoms with Gasteiger partial charge in [-0.2, -0.15) is 4.99 Å². The van der Waals surface area contributed by atoms with E-state index in [1.807, 2.05) is 0 Å². The third-order valence-electron chi connectivity index (χ3n) is 4.15. The van der Waals surface area contributed by atoms with Gasteiger partial charge in [0.1, 0.15) is 22.8 Å². The van der Waals surface area contributed by atoms with Crippen LogP contribution in [0.15, 0.2) is 69.8 Å². The van der Waals surface area contributed by atoms with Gasteiger partial charge >= 0.3 is 5.97 Å². The van der Waals surface area contributed by atoms with Crippen LogP contribution in [0.25, 0.3) is 0 Å². The highest BCUT2D eigenvalue weighted by molar-refractivity contribution is 6.36. The van der Waals surface area contributed by atoms with Crippen LogP contribution in [0.5, 0.6) is 0 Å². The molecule has 0 radical (unpaired) electrons. The molecule has 154 valence electrons. The molecular weight excluding hydrogens is 387 g/mol. The van der Waals surface area contributed by atoms with E-state index in [9.17, 15) is 19.1 Å². The average Bonchev–Trinajstić information content (AvgIpc) is 2.98. The van der Waals surface area contributed by atoms with Crippen molar-refractivity contribution in [1.82, 2.24) is 0 Å². The second-order valence-corrected chi connectivity index (χ2v) is 7.69. The molecule has 0 aliphatic carbocycles. The summed E-state index contributed by atoms with van der Waals surface area (Å²) in [6.07, 6.45) is 0. The maximum Gasteiger partial charge on any atom is 0.344 e. The van der Waals surface area contributed by atoms with Crippen LogP contribution in [-0.4, -0.2) is 34.1 Å². The molecule has 0 saturated heterocycles. The first-order chi connectivity index (χ1) is 14.1. The molecule has 0 saturated carbocycles. The SMILES string of the molecule is C/C(O)=C(/C(=O)OC(C)(C)C)C1=NC(=NC(=O)c2ccccc2F)c2ccccc21. The maximum atomic E-state index is 14.0. The Labute approximate surface area is 173 Å². The molecule has 0 bridgehead atoms. The van der Waals surface area contributed by atoms with Crippen LogP contribution in [0.3, 0.4) is 0 Å². The van der Waals surface area contributed by atoms with Crippen molar-refractivity contribution in [3.05, 3.63) is 82.4 Å². The van der Waals surface area contributed by atoms with E-state index in [1.165, 1.54) is 31.2 Å². The van der Waals surface area contributed by atoms with Crippen molar-refractivity contribution in [3.63, 3.8) is 0 Å². The van der Waals surface area contributed by atoms with Crippen LogP contribution in [0.4, 0.5) is 4.39 Å². The Morgan fingerprint density at radius 3 is 2.23 bits per heavy atom. The van der Waals surface area contributed by atoms with Crippen LogP contribution in [0.1, 0.15) is 49.2 Å². The molecular formula is C23H21FN2O4. The Kier molecular flexibility index (Phi) is 5.64. The van der Waals surface area contributed by atoms with Gasteiger partial charge in [0.25, 0.3) is 5.91 Å². The summed E-state index contributed by atoms with van der Waals surface area (Å²) in [5, 5.41) is 10.2. The molecule has 0 aromatic heterocycles. The molecule has 1 heterocycles. The van der Waals surface area contributed by atoms with E-state index >= 15 is 0 Å². The number of aliphatic hydroxyl groups is 1. The number of aliphatic hydroxyl groups excluding tert-OH is 1. The lowest BCUT2D eigenvalue weighted by molar-refractivity contribution is -0.149. The quantitative estimate of drug-likeness (QED) is 0.463. The van der Waals surface area contributed by atoms with Crippen molar-refractivity contribution in [1.29, 1.82) is 0 Å². The van der Waals surface area contributed by atoms with Gasteiger partial charge in [0.15, 0.2) is 5.84 Å². The van der Waals surface area contributed by atoms with Gasteiger partial charge in [-0.25, -0.2) is 14.2 Å². The van der Waals surface area contributed by atoms with Crippen molar-refractivity contribution in [2.24, 2.45) is 9.98 Å². The van der Waals surface area contributed by atoms with E-state index in [0.717, 1.165) is 0 Å². The molecule has 1 N–H and O–H groups in total. The largest absolute Gasteiger partial charge is 0.512 e. The number of allylic oxidation sites excluding steroid dienone is 1. The van der Waals surface area contributed by atoms with Crippen molar-refractivity contribution in [3.8, 4) is 0 Å². The highest BCUT2D eigenvalue weighted by atomic mass is 19.1. The van der Waals surface area contributed by atoms with E-state index in [2.05, 4.69) is 9.98 Å². The zero-order chi connectivity index (χ0) is 22.1. The number of nitrogens with zero attached hydrogens (tertiary/aromatic N) is 2. The lowest BCUT2D eigenvalue weighted by Gasteiger charge is -2.21. The number of hydrogen-bond acceptors (Lipinski definition) is 4. The molecule has 1 aliphatic heterocycles. The smallest absolute Gasteiger partial charge is 0.344 e. The van der Waals surface area contributed by atoms with Gasteiger partial charge in [-0.05, 0) is 39.8 Å². The van der Waals surface area contributed by atoms with Gasteiger partial charge < -0.3 is 9.84 Å². The van der Waals surface area contributed by atoms with Crippen LogP contribution in [0, 0.1) is 5.82 Å². The molecule has 1 amide bonds. The van der Waals surface area contributed by atoms with Crippen LogP contribution in [0.2, 0.25) is 0 Å². The highest BCUT2D eigenvalue weighted by Crippen LogP contribution is 2.27. The zero-order valence-corrected chi connectivity index (χ0v) is 17.1. The van der Waals surface area contributed by atoms with Crippen LogP contribution in [-0.2, 0) is 9.53 Å². The molecule has 6 nitrogen and oxygen atoms in total. The number of aliphatic imine (C=N–C) groups is 2. The summed E-state index contributed by atoms with van der Waals surface area (Å²) in [5.41, 5.74) is 0.0355. The lowest BCUT2D eigenvalue weighted by Crippen LogP contribution is -2.28.